The standard InChI is InChI=1S/C12H23ClO3/c1-4-5-6-7-8-10(11(14)9-13)12(15-2)16-3/h5-6,10-12,14H,4,7-9H2,1-3H3/b6-5-/t10-,11-/m0/s1. The monoisotopic (exact) mass is 250 g/mol. The summed E-state index contributed by atoms with van der Waals surface area (Å²) in [4.78, 5) is 0. The number of allylic oxidation sites excluding steroid dienone is 2. The quantitative estimate of drug-likeness (QED) is 0.388. The van der Waals surface area contributed by atoms with Gasteiger partial charge in [0.05, 0.1) is 6.10 Å². The first kappa shape index (κ1) is 15.9. The number of alkyl halides is 1. The zero-order valence-electron chi connectivity index (χ0n) is 10.4. The highest BCUT2D eigenvalue weighted by Crippen LogP contribution is 2.20. The van der Waals surface area contributed by atoms with Gasteiger partial charge in [-0.1, -0.05) is 19.1 Å². The van der Waals surface area contributed by atoms with Crippen LogP contribution < -0.4 is 0 Å². The molecular formula is C12H23ClO3. The van der Waals surface area contributed by atoms with Gasteiger partial charge in [0, 0.05) is 26.0 Å². The number of methoxy groups -OCH3 is 2. The number of aliphatic hydroxyl groups is 1. The zero-order chi connectivity index (χ0) is 12.4. The van der Waals surface area contributed by atoms with Crippen LogP contribution in [0.15, 0.2) is 12.2 Å². The van der Waals surface area contributed by atoms with Gasteiger partial charge in [-0.2, -0.15) is 0 Å². The van der Waals surface area contributed by atoms with Gasteiger partial charge in [-0.25, -0.2) is 0 Å². The molecule has 0 aliphatic carbocycles. The van der Waals surface area contributed by atoms with E-state index in [2.05, 4.69) is 19.1 Å². The van der Waals surface area contributed by atoms with E-state index in [1.165, 1.54) is 0 Å². The summed E-state index contributed by atoms with van der Waals surface area (Å²) in [5, 5.41) is 9.79. The predicted molar refractivity (Wildman–Crippen MR) is 66.7 cm³/mol. The molecule has 3 nitrogen and oxygen atoms in total. The van der Waals surface area contributed by atoms with Crippen LogP contribution in [0.2, 0.25) is 0 Å². The van der Waals surface area contributed by atoms with E-state index in [4.69, 9.17) is 21.1 Å². The Kier molecular flexibility index (Phi) is 10.0. The number of halogens is 1. The number of ether oxygens (including phenoxy) is 2. The van der Waals surface area contributed by atoms with Crippen molar-refractivity contribution in [3.63, 3.8) is 0 Å². The van der Waals surface area contributed by atoms with E-state index < -0.39 is 12.4 Å². The first-order valence-electron chi connectivity index (χ1n) is 5.65. The van der Waals surface area contributed by atoms with E-state index >= 15 is 0 Å². The smallest absolute Gasteiger partial charge is 0.162 e. The van der Waals surface area contributed by atoms with Crippen LogP contribution in [0.1, 0.15) is 26.2 Å². The fourth-order valence-corrected chi connectivity index (χ4v) is 1.87. The van der Waals surface area contributed by atoms with E-state index in [1.54, 1.807) is 14.2 Å². The zero-order valence-corrected chi connectivity index (χ0v) is 11.1. The SMILES string of the molecule is CC/C=C\CC[C@H](C(OC)OC)[C@@H](O)CCl. The minimum Gasteiger partial charge on any atom is -0.391 e. The molecule has 0 spiro atoms. The fourth-order valence-electron chi connectivity index (χ4n) is 1.64. The van der Waals surface area contributed by atoms with Crippen LogP contribution in [-0.4, -0.2) is 37.6 Å². The van der Waals surface area contributed by atoms with Crippen molar-refractivity contribution in [3.05, 3.63) is 12.2 Å². The maximum absolute atomic E-state index is 9.79. The number of hydrogen-bond acceptors (Lipinski definition) is 3. The Hall–Kier alpha value is -0.0900. The number of aliphatic hydroxyl groups excluding tert-OH is 1. The molecule has 1 N–H and O–H groups in total. The third-order valence-electron chi connectivity index (χ3n) is 2.54. The molecule has 4 heteroatoms. The molecule has 0 heterocycles. The van der Waals surface area contributed by atoms with Crippen molar-refractivity contribution in [3.8, 4) is 0 Å². The lowest BCUT2D eigenvalue weighted by Crippen LogP contribution is -2.35. The summed E-state index contributed by atoms with van der Waals surface area (Å²) in [6.45, 7) is 2.09. The first-order chi connectivity index (χ1) is 7.71. The average Bonchev–Trinajstić information content (AvgIpc) is 2.32. The Morgan fingerprint density at radius 3 is 2.31 bits per heavy atom. The number of rotatable bonds is 9. The Bertz CT molecular complexity index is 181. The van der Waals surface area contributed by atoms with Gasteiger partial charge < -0.3 is 14.6 Å². The molecule has 0 fully saturated rings. The van der Waals surface area contributed by atoms with Crippen LogP contribution in [0.3, 0.4) is 0 Å². The van der Waals surface area contributed by atoms with E-state index in [1.807, 2.05) is 0 Å². The molecule has 0 unspecified atom stereocenters. The van der Waals surface area contributed by atoms with E-state index in [9.17, 15) is 5.11 Å². The highest BCUT2D eigenvalue weighted by atomic mass is 35.5. The highest BCUT2D eigenvalue weighted by molar-refractivity contribution is 6.18. The second kappa shape index (κ2) is 10.1. The molecule has 0 radical (unpaired) electrons. The van der Waals surface area contributed by atoms with Gasteiger partial charge >= 0.3 is 0 Å². The summed E-state index contributed by atoms with van der Waals surface area (Å²) in [6.07, 6.45) is 5.95. The van der Waals surface area contributed by atoms with Gasteiger partial charge in [0.2, 0.25) is 0 Å². The Balaban J connectivity index is 4.24. The van der Waals surface area contributed by atoms with Crippen LogP contribution >= 0.6 is 11.6 Å². The van der Waals surface area contributed by atoms with Gasteiger partial charge in [0.25, 0.3) is 0 Å². The molecule has 0 saturated heterocycles. The van der Waals surface area contributed by atoms with Gasteiger partial charge in [-0.3, -0.25) is 0 Å². The van der Waals surface area contributed by atoms with Crippen molar-refractivity contribution in [2.24, 2.45) is 5.92 Å². The van der Waals surface area contributed by atoms with Gasteiger partial charge in [0.15, 0.2) is 6.29 Å². The second-order valence-corrected chi connectivity index (χ2v) is 3.99. The summed E-state index contributed by atoms with van der Waals surface area (Å²) < 4.78 is 10.4. The normalized spacial score (nSPS) is 15.9. The maximum atomic E-state index is 9.79. The van der Waals surface area contributed by atoms with Crippen molar-refractivity contribution >= 4 is 11.6 Å². The largest absolute Gasteiger partial charge is 0.391 e. The molecular weight excluding hydrogens is 228 g/mol. The third-order valence-corrected chi connectivity index (χ3v) is 2.85. The van der Waals surface area contributed by atoms with Gasteiger partial charge in [-0.15, -0.1) is 11.6 Å². The maximum Gasteiger partial charge on any atom is 0.162 e. The van der Waals surface area contributed by atoms with Crippen LogP contribution in [-0.2, 0) is 9.47 Å². The Morgan fingerprint density at radius 2 is 1.88 bits per heavy atom. The second-order valence-electron chi connectivity index (χ2n) is 3.68. The van der Waals surface area contributed by atoms with Crippen molar-refractivity contribution in [2.75, 3.05) is 20.1 Å². The first-order valence-corrected chi connectivity index (χ1v) is 6.19. The van der Waals surface area contributed by atoms with Crippen molar-refractivity contribution < 1.29 is 14.6 Å². The minimum absolute atomic E-state index is 0.0889. The molecule has 2 atom stereocenters. The van der Waals surface area contributed by atoms with E-state index in [0.717, 1.165) is 19.3 Å². The molecule has 96 valence electrons. The summed E-state index contributed by atoms with van der Waals surface area (Å²) in [5.74, 6) is 0.111. The minimum atomic E-state index is -0.596. The van der Waals surface area contributed by atoms with Crippen LogP contribution in [0.5, 0.6) is 0 Å². The molecule has 0 amide bonds. The topological polar surface area (TPSA) is 38.7 Å². The Morgan fingerprint density at radius 1 is 1.25 bits per heavy atom. The van der Waals surface area contributed by atoms with Crippen LogP contribution in [0, 0.1) is 5.92 Å². The van der Waals surface area contributed by atoms with E-state index in [-0.39, 0.29) is 11.8 Å². The Labute approximate surface area is 103 Å². The number of hydrogen-bond donors (Lipinski definition) is 1. The lowest BCUT2D eigenvalue weighted by Gasteiger charge is -2.27. The molecule has 0 rings (SSSR count). The summed E-state index contributed by atoms with van der Waals surface area (Å²) in [6, 6.07) is 0. The molecule has 0 aromatic carbocycles. The molecule has 0 aliphatic rings. The van der Waals surface area contributed by atoms with Gasteiger partial charge in [0.1, 0.15) is 0 Å². The lowest BCUT2D eigenvalue weighted by atomic mass is 9.96. The summed E-state index contributed by atoms with van der Waals surface area (Å²) >= 11 is 5.67. The summed E-state index contributed by atoms with van der Waals surface area (Å²) in [5.41, 5.74) is 0. The van der Waals surface area contributed by atoms with Crippen LogP contribution in [0.25, 0.3) is 0 Å². The molecule has 0 aromatic rings. The molecule has 0 bridgehead atoms. The summed E-state index contributed by atoms with van der Waals surface area (Å²) in [7, 11) is 3.15. The van der Waals surface area contributed by atoms with Crippen LogP contribution in [0.4, 0.5) is 0 Å². The molecule has 0 saturated carbocycles. The average molecular weight is 251 g/mol. The highest BCUT2D eigenvalue weighted by Gasteiger charge is 2.27. The molecule has 0 aromatic heterocycles. The van der Waals surface area contributed by atoms with Gasteiger partial charge in [-0.05, 0) is 19.3 Å². The predicted octanol–water partition coefficient (Wildman–Crippen LogP) is 2.57. The fraction of sp³-hybridized carbons (Fsp3) is 0.833. The lowest BCUT2D eigenvalue weighted by molar-refractivity contribution is -0.159. The van der Waals surface area contributed by atoms with Crippen molar-refractivity contribution in [1.82, 2.24) is 0 Å². The van der Waals surface area contributed by atoms with E-state index in [0.29, 0.717) is 0 Å². The van der Waals surface area contributed by atoms with Crippen molar-refractivity contribution in [1.29, 1.82) is 0 Å². The third kappa shape index (κ3) is 5.85. The van der Waals surface area contributed by atoms with Crippen molar-refractivity contribution in [2.45, 2.75) is 38.6 Å². The molecule has 0 aliphatic heterocycles. The molecule has 16 heavy (non-hydrogen) atoms.